The Kier molecular flexibility index (Phi) is 12.9. The zero-order chi connectivity index (χ0) is 21.5. The monoisotopic (exact) mass is 424 g/mol. The second-order valence-electron chi connectivity index (χ2n) is 7.18. The predicted molar refractivity (Wildman–Crippen MR) is 114 cm³/mol. The van der Waals surface area contributed by atoms with E-state index in [9.17, 15) is 9.59 Å². The van der Waals surface area contributed by atoms with Gasteiger partial charge in [-0.25, -0.2) is 15.1 Å². The van der Waals surface area contributed by atoms with E-state index in [1.165, 1.54) is 70.1 Å². The molecule has 0 spiro atoms. The summed E-state index contributed by atoms with van der Waals surface area (Å²) >= 11 is 5.85. The third-order valence-corrected chi connectivity index (χ3v) is 4.98. The Morgan fingerprint density at radius 1 is 1.03 bits per heavy atom. The van der Waals surface area contributed by atoms with Gasteiger partial charge in [-0.1, -0.05) is 76.3 Å². The average molecular weight is 425 g/mol. The zero-order valence-electron chi connectivity index (χ0n) is 17.5. The molecule has 1 aromatic rings. The van der Waals surface area contributed by atoms with Crippen molar-refractivity contribution in [2.75, 3.05) is 6.61 Å². The molecule has 162 valence electrons. The highest BCUT2D eigenvalue weighted by atomic mass is 35.5. The summed E-state index contributed by atoms with van der Waals surface area (Å²) in [6, 6.07) is 4.26. The number of carbonyl (C=O) groups is 2. The Morgan fingerprint density at radius 3 is 2.21 bits per heavy atom. The summed E-state index contributed by atoms with van der Waals surface area (Å²) in [5.41, 5.74) is 7.37. The topological polar surface area (TPSA) is 88.8 Å². The lowest BCUT2D eigenvalue weighted by atomic mass is 10.1. The quantitative estimate of drug-likeness (QED) is 0.186. The van der Waals surface area contributed by atoms with Crippen LogP contribution in [0.3, 0.4) is 0 Å². The number of hydrogen-bond donors (Lipinski definition) is 1. The predicted octanol–water partition coefficient (Wildman–Crippen LogP) is 7.01. The minimum Gasteiger partial charge on any atom is -0.463 e. The maximum atomic E-state index is 12.1. The molecule has 0 amide bonds. The number of ether oxygens (including phenoxy) is 2. The first-order valence-corrected chi connectivity index (χ1v) is 10.9. The Hall–Kier alpha value is -1.95. The van der Waals surface area contributed by atoms with Crippen LogP contribution in [0.2, 0.25) is 5.02 Å². The van der Waals surface area contributed by atoms with E-state index in [4.69, 9.17) is 26.6 Å². The summed E-state index contributed by atoms with van der Waals surface area (Å²) in [5.74, 6) is -1.25. The molecule has 29 heavy (non-hydrogen) atoms. The molecule has 0 aromatic heterocycles. The van der Waals surface area contributed by atoms with Gasteiger partial charge in [0, 0.05) is 0 Å². The molecule has 0 aliphatic heterocycles. The van der Waals surface area contributed by atoms with Gasteiger partial charge in [-0.2, -0.15) is 5.11 Å². The van der Waals surface area contributed by atoms with E-state index in [0.717, 1.165) is 19.3 Å². The van der Waals surface area contributed by atoms with Crippen molar-refractivity contribution < 1.29 is 19.1 Å². The molecule has 1 aromatic carbocycles. The SMILES string of the molecule is CCCCCCCCCCCCOC(=O)C(C)OC(=O)c1ccc(Cl)c(N=N)c1. The Bertz CT molecular complexity index is 652. The lowest BCUT2D eigenvalue weighted by Crippen LogP contribution is -2.26. The molecule has 7 heteroatoms. The largest absolute Gasteiger partial charge is 0.463 e. The van der Waals surface area contributed by atoms with Gasteiger partial charge in [0.15, 0.2) is 6.10 Å². The van der Waals surface area contributed by atoms with Gasteiger partial charge >= 0.3 is 11.9 Å². The van der Waals surface area contributed by atoms with Crippen molar-refractivity contribution >= 4 is 29.2 Å². The van der Waals surface area contributed by atoms with Crippen LogP contribution in [0.25, 0.3) is 0 Å². The van der Waals surface area contributed by atoms with Gasteiger partial charge in [0.25, 0.3) is 0 Å². The van der Waals surface area contributed by atoms with Crippen molar-refractivity contribution in [1.29, 1.82) is 5.53 Å². The molecule has 0 heterocycles. The van der Waals surface area contributed by atoms with Crippen molar-refractivity contribution in [2.24, 2.45) is 5.11 Å². The van der Waals surface area contributed by atoms with E-state index in [2.05, 4.69) is 12.0 Å². The fourth-order valence-electron chi connectivity index (χ4n) is 2.88. The standard InChI is InChI=1S/C22H33ClN2O4/c1-3-4-5-6-7-8-9-10-11-12-15-28-21(26)17(2)29-22(27)18-13-14-19(23)20(16-18)25-24/h13-14,16-17,24H,3-12,15H2,1-2H3. The number of unbranched alkanes of at least 4 members (excludes halogenated alkanes) is 9. The van der Waals surface area contributed by atoms with E-state index in [-0.39, 0.29) is 16.3 Å². The van der Waals surface area contributed by atoms with Crippen LogP contribution in [-0.2, 0) is 14.3 Å². The summed E-state index contributed by atoms with van der Waals surface area (Å²) in [5, 5.41) is 3.50. The number of benzene rings is 1. The zero-order valence-corrected chi connectivity index (χ0v) is 18.3. The van der Waals surface area contributed by atoms with Crippen LogP contribution in [-0.4, -0.2) is 24.6 Å². The average Bonchev–Trinajstić information content (AvgIpc) is 2.72. The van der Waals surface area contributed by atoms with Gasteiger partial charge in [-0.3, -0.25) is 0 Å². The molecule has 0 aliphatic carbocycles. The molecule has 6 nitrogen and oxygen atoms in total. The molecule has 0 aliphatic rings. The number of nitrogens with zero attached hydrogens (tertiary/aromatic N) is 1. The van der Waals surface area contributed by atoms with E-state index >= 15 is 0 Å². The maximum absolute atomic E-state index is 12.1. The number of rotatable bonds is 15. The molecule has 0 saturated heterocycles. The third kappa shape index (κ3) is 10.4. The highest BCUT2D eigenvalue weighted by Gasteiger charge is 2.20. The first-order chi connectivity index (χ1) is 14.0. The maximum Gasteiger partial charge on any atom is 0.347 e. The van der Waals surface area contributed by atoms with E-state index in [1.54, 1.807) is 0 Å². The second-order valence-corrected chi connectivity index (χ2v) is 7.58. The van der Waals surface area contributed by atoms with Gasteiger partial charge in [0.1, 0.15) is 5.69 Å². The van der Waals surface area contributed by atoms with E-state index in [1.807, 2.05) is 0 Å². The fraction of sp³-hybridized carbons (Fsp3) is 0.636. The Morgan fingerprint density at radius 2 is 1.62 bits per heavy atom. The smallest absolute Gasteiger partial charge is 0.347 e. The van der Waals surface area contributed by atoms with E-state index < -0.39 is 18.0 Å². The number of carbonyl (C=O) groups excluding carboxylic acids is 2. The van der Waals surface area contributed by atoms with Crippen LogP contribution in [0.1, 0.15) is 88.4 Å². The molecule has 0 radical (unpaired) electrons. The van der Waals surface area contributed by atoms with Crippen molar-refractivity contribution in [1.82, 2.24) is 0 Å². The number of halogens is 1. The molecule has 1 N–H and O–H groups in total. The first kappa shape index (κ1) is 25.1. The van der Waals surface area contributed by atoms with Crippen LogP contribution >= 0.6 is 11.6 Å². The minimum atomic E-state index is -1.00. The third-order valence-electron chi connectivity index (χ3n) is 4.66. The highest BCUT2D eigenvalue weighted by molar-refractivity contribution is 6.33. The van der Waals surface area contributed by atoms with Crippen molar-refractivity contribution in [3.63, 3.8) is 0 Å². The van der Waals surface area contributed by atoms with Gasteiger partial charge in [-0.05, 0) is 31.5 Å². The molecule has 0 fully saturated rings. The summed E-state index contributed by atoms with van der Waals surface area (Å²) in [6.07, 6.45) is 11.1. The van der Waals surface area contributed by atoms with Gasteiger partial charge in [0.2, 0.25) is 0 Å². The minimum absolute atomic E-state index is 0.164. The van der Waals surface area contributed by atoms with Crippen LogP contribution in [0.4, 0.5) is 5.69 Å². The van der Waals surface area contributed by atoms with Gasteiger partial charge in [-0.15, -0.1) is 0 Å². The van der Waals surface area contributed by atoms with Crippen molar-refractivity contribution in [3.8, 4) is 0 Å². The summed E-state index contributed by atoms with van der Waals surface area (Å²) in [7, 11) is 0. The molecule has 0 bridgehead atoms. The number of hydrogen-bond acceptors (Lipinski definition) is 6. The molecule has 1 atom stereocenters. The molecule has 0 saturated carbocycles. The van der Waals surface area contributed by atoms with Crippen LogP contribution in [0, 0.1) is 5.53 Å². The normalized spacial score (nSPS) is 11.7. The van der Waals surface area contributed by atoms with E-state index in [0.29, 0.717) is 6.61 Å². The summed E-state index contributed by atoms with van der Waals surface area (Å²) in [4.78, 5) is 24.1. The molecule has 1 unspecified atom stereocenters. The van der Waals surface area contributed by atoms with Crippen molar-refractivity contribution in [2.45, 2.75) is 84.2 Å². The molecule has 1 rings (SSSR count). The highest BCUT2D eigenvalue weighted by Crippen LogP contribution is 2.26. The van der Waals surface area contributed by atoms with Crippen LogP contribution < -0.4 is 0 Å². The lowest BCUT2D eigenvalue weighted by molar-refractivity contribution is -0.153. The molecular weight excluding hydrogens is 392 g/mol. The van der Waals surface area contributed by atoms with Crippen molar-refractivity contribution in [3.05, 3.63) is 28.8 Å². The fourth-order valence-corrected chi connectivity index (χ4v) is 3.04. The van der Waals surface area contributed by atoms with Gasteiger partial charge in [0.05, 0.1) is 17.2 Å². The lowest BCUT2D eigenvalue weighted by Gasteiger charge is -2.13. The second kappa shape index (κ2) is 15.0. The van der Waals surface area contributed by atoms with Crippen LogP contribution in [0.5, 0.6) is 0 Å². The first-order valence-electron chi connectivity index (χ1n) is 10.5. The van der Waals surface area contributed by atoms with Gasteiger partial charge < -0.3 is 9.47 Å². The summed E-state index contributed by atoms with van der Waals surface area (Å²) < 4.78 is 10.3. The van der Waals surface area contributed by atoms with Crippen LogP contribution in [0.15, 0.2) is 23.3 Å². The number of nitrogens with one attached hydrogen (secondary N) is 1. The number of esters is 2. The summed E-state index contributed by atoms with van der Waals surface area (Å²) in [6.45, 7) is 4.04. The molecular formula is C22H33ClN2O4. The Balaban J connectivity index is 2.17. The Labute approximate surface area is 178 Å².